The molecule has 17 heavy (non-hydrogen) atoms. The standard InChI is InChI=1S/C14H21BrN2/c1-14(2,3)17-9-8-12(16)13(17)10-6-4-5-7-11(10)15/h4-7,12-13H,8-9,16H2,1-3H3. The zero-order chi connectivity index (χ0) is 12.6. The summed E-state index contributed by atoms with van der Waals surface area (Å²) in [6, 6.07) is 8.97. The fourth-order valence-electron chi connectivity index (χ4n) is 2.68. The van der Waals surface area contributed by atoms with E-state index in [1.165, 1.54) is 5.56 Å². The van der Waals surface area contributed by atoms with Gasteiger partial charge in [0.2, 0.25) is 0 Å². The van der Waals surface area contributed by atoms with Crippen LogP contribution in [0, 0.1) is 0 Å². The average Bonchev–Trinajstić information content (AvgIpc) is 2.60. The molecule has 0 spiro atoms. The van der Waals surface area contributed by atoms with Crippen molar-refractivity contribution >= 4 is 15.9 Å². The first-order chi connectivity index (χ1) is 7.91. The van der Waals surface area contributed by atoms with E-state index in [1.54, 1.807) is 0 Å². The Labute approximate surface area is 112 Å². The molecule has 3 heteroatoms. The Morgan fingerprint density at radius 2 is 1.94 bits per heavy atom. The molecule has 2 unspecified atom stereocenters. The van der Waals surface area contributed by atoms with Crippen molar-refractivity contribution in [2.24, 2.45) is 5.73 Å². The van der Waals surface area contributed by atoms with Gasteiger partial charge in [0.1, 0.15) is 0 Å². The van der Waals surface area contributed by atoms with E-state index in [9.17, 15) is 0 Å². The third-order valence-electron chi connectivity index (χ3n) is 3.53. The second-order valence-corrected chi connectivity index (χ2v) is 6.64. The monoisotopic (exact) mass is 296 g/mol. The maximum Gasteiger partial charge on any atom is 0.0516 e. The van der Waals surface area contributed by atoms with Gasteiger partial charge in [-0.2, -0.15) is 0 Å². The zero-order valence-corrected chi connectivity index (χ0v) is 12.4. The summed E-state index contributed by atoms with van der Waals surface area (Å²) in [6.45, 7) is 7.86. The highest BCUT2D eigenvalue weighted by molar-refractivity contribution is 9.10. The predicted molar refractivity (Wildman–Crippen MR) is 75.9 cm³/mol. The first kappa shape index (κ1) is 13.1. The molecule has 2 N–H and O–H groups in total. The molecule has 0 saturated carbocycles. The zero-order valence-electron chi connectivity index (χ0n) is 10.8. The van der Waals surface area contributed by atoms with Gasteiger partial charge in [0, 0.05) is 22.6 Å². The normalized spacial score (nSPS) is 26.4. The lowest BCUT2D eigenvalue weighted by Gasteiger charge is -2.38. The van der Waals surface area contributed by atoms with E-state index in [2.05, 4.69) is 65.9 Å². The van der Waals surface area contributed by atoms with Gasteiger partial charge in [0.05, 0.1) is 6.04 Å². The van der Waals surface area contributed by atoms with Crippen molar-refractivity contribution in [2.45, 2.75) is 44.8 Å². The minimum Gasteiger partial charge on any atom is -0.326 e. The van der Waals surface area contributed by atoms with Crippen LogP contribution in [0.2, 0.25) is 0 Å². The second-order valence-electron chi connectivity index (χ2n) is 5.78. The average molecular weight is 297 g/mol. The van der Waals surface area contributed by atoms with Crippen LogP contribution in [-0.4, -0.2) is 23.0 Å². The van der Waals surface area contributed by atoms with Gasteiger partial charge in [-0.05, 0) is 38.8 Å². The molecule has 0 aliphatic carbocycles. The van der Waals surface area contributed by atoms with E-state index in [4.69, 9.17) is 5.73 Å². The van der Waals surface area contributed by atoms with Gasteiger partial charge in [-0.15, -0.1) is 0 Å². The van der Waals surface area contributed by atoms with E-state index in [0.29, 0.717) is 6.04 Å². The van der Waals surface area contributed by atoms with Crippen LogP contribution in [0.5, 0.6) is 0 Å². The highest BCUT2D eigenvalue weighted by atomic mass is 79.9. The lowest BCUT2D eigenvalue weighted by atomic mass is 9.97. The smallest absolute Gasteiger partial charge is 0.0516 e. The quantitative estimate of drug-likeness (QED) is 0.861. The van der Waals surface area contributed by atoms with Gasteiger partial charge in [0.25, 0.3) is 0 Å². The molecule has 1 aromatic carbocycles. The molecule has 0 aromatic heterocycles. The summed E-state index contributed by atoms with van der Waals surface area (Å²) in [6.07, 6.45) is 1.07. The van der Waals surface area contributed by atoms with Crippen LogP contribution in [0.4, 0.5) is 0 Å². The Hall–Kier alpha value is -0.380. The molecule has 1 heterocycles. The molecule has 2 nitrogen and oxygen atoms in total. The molecule has 1 aliphatic rings. The first-order valence-electron chi connectivity index (χ1n) is 6.18. The van der Waals surface area contributed by atoms with Crippen molar-refractivity contribution in [3.8, 4) is 0 Å². The maximum atomic E-state index is 6.30. The number of halogens is 1. The van der Waals surface area contributed by atoms with E-state index < -0.39 is 0 Å². The highest BCUT2D eigenvalue weighted by Gasteiger charge is 2.39. The van der Waals surface area contributed by atoms with Gasteiger partial charge >= 0.3 is 0 Å². The lowest BCUT2D eigenvalue weighted by Crippen LogP contribution is -2.43. The molecule has 0 amide bonds. The Balaban J connectivity index is 2.38. The number of likely N-dealkylation sites (tertiary alicyclic amines) is 1. The summed E-state index contributed by atoms with van der Waals surface area (Å²) in [7, 11) is 0. The molecule has 0 bridgehead atoms. The van der Waals surface area contributed by atoms with Crippen LogP contribution in [0.15, 0.2) is 28.7 Å². The number of nitrogens with two attached hydrogens (primary N) is 1. The Morgan fingerprint density at radius 1 is 1.29 bits per heavy atom. The van der Waals surface area contributed by atoms with E-state index in [1.807, 2.05) is 0 Å². The van der Waals surface area contributed by atoms with E-state index in [-0.39, 0.29) is 11.6 Å². The van der Waals surface area contributed by atoms with E-state index >= 15 is 0 Å². The van der Waals surface area contributed by atoms with Gasteiger partial charge < -0.3 is 5.73 Å². The third kappa shape index (κ3) is 2.56. The summed E-state index contributed by atoms with van der Waals surface area (Å²) in [5.74, 6) is 0. The van der Waals surface area contributed by atoms with Crippen molar-refractivity contribution in [3.63, 3.8) is 0 Å². The van der Waals surface area contributed by atoms with Crippen LogP contribution in [0.1, 0.15) is 38.8 Å². The molecule has 1 aliphatic heterocycles. The second kappa shape index (κ2) is 4.71. The van der Waals surface area contributed by atoms with Gasteiger partial charge in [-0.3, -0.25) is 4.90 Å². The molecule has 2 rings (SSSR count). The summed E-state index contributed by atoms with van der Waals surface area (Å²) < 4.78 is 1.16. The van der Waals surface area contributed by atoms with Crippen LogP contribution >= 0.6 is 15.9 Å². The van der Waals surface area contributed by atoms with Crippen molar-refractivity contribution in [2.75, 3.05) is 6.54 Å². The predicted octanol–water partition coefficient (Wildman–Crippen LogP) is 3.32. The fourth-order valence-corrected chi connectivity index (χ4v) is 3.20. The summed E-state index contributed by atoms with van der Waals surface area (Å²) >= 11 is 3.65. The number of nitrogens with zero attached hydrogens (tertiary/aromatic N) is 1. The Morgan fingerprint density at radius 3 is 2.53 bits per heavy atom. The number of rotatable bonds is 1. The summed E-state index contributed by atoms with van der Waals surface area (Å²) in [5, 5.41) is 0. The molecule has 2 atom stereocenters. The molecule has 1 fully saturated rings. The summed E-state index contributed by atoms with van der Waals surface area (Å²) in [4.78, 5) is 2.51. The number of hydrogen-bond donors (Lipinski definition) is 1. The minimum atomic E-state index is 0.161. The SMILES string of the molecule is CC(C)(C)N1CCC(N)C1c1ccccc1Br. The van der Waals surface area contributed by atoms with Crippen LogP contribution in [-0.2, 0) is 0 Å². The van der Waals surface area contributed by atoms with Crippen molar-refractivity contribution in [3.05, 3.63) is 34.3 Å². The van der Waals surface area contributed by atoms with Crippen LogP contribution in [0.3, 0.4) is 0 Å². The first-order valence-corrected chi connectivity index (χ1v) is 6.97. The molecule has 0 radical (unpaired) electrons. The molecule has 1 aromatic rings. The summed E-state index contributed by atoms with van der Waals surface area (Å²) in [5.41, 5.74) is 7.78. The topological polar surface area (TPSA) is 29.3 Å². The van der Waals surface area contributed by atoms with Crippen molar-refractivity contribution < 1.29 is 0 Å². The molecular formula is C14H21BrN2. The largest absolute Gasteiger partial charge is 0.326 e. The number of benzene rings is 1. The van der Waals surface area contributed by atoms with Crippen LogP contribution < -0.4 is 5.73 Å². The third-order valence-corrected chi connectivity index (χ3v) is 4.25. The number of hydrogen-bond acceptors (Lipinski definition) is 2. The maximum absolute atomic E-state index is 6.30. The molecule has 1 saturated heterocycles. The van der Waals surface area contributed by atoms with Gasteiger partial charge in [0.15, 0.2) is 0 Å². The van der Waals surface area contributed by atoms with E-state index in [0.717, 1.165) is 17.4 Å². The van der Waals surface area contributed by atoms with Crippen LogP contribution in [0.25, 0.3) is 0 Å². The Bertz CT molecular complexity index is 397. The Kier molecular flexibility index (Phi) is 3.62. The minimum absolute atomic E-state index is 0.161. The molecular weight excluding hydrogens is 276 g/mol. The highest BCUT2D eigenvalue weighted by Crippen LogP contribution is 2.39. The lowest BCUT2D eigenvalue weighted by molar-refractivity contribution is 0.116. The van der Waals surface area contributed by atoms with Crippen molar-refractivity contribution in [1.82, 2.24) is 4.90 Å². The van der Waals surface area contributed by atoms with Gasteiger partial charge in [-0.25, -0.2) is 0 Å². The van der Waals surface area contributed by atoms with Gasteiger partial charge in [-0.1, -0.05) is 34.1 Å². The van der Waals surface area contributed by atoms with Crippen molar-refractivity contribution in [1.29, 1.82) is 0 Å². The molecule has 94 valence electrons. The fraction of sp³-hybridized carbons (Fsp3) is 0.571.